The van der Waals surface area contributed by atoms with Crippen LogP contribution in [0.1, 0.15) is 60.3 Å². The second kappa shape index (κ2) is 49.6. The molecule has 0 rings (SSSR count). The fraction of sp³-hybridized carbons (Fsp3) is 0.571. The van der Waals surface area contributed by atoms with Gasteiger partial charge in [0.1, 0.15) is 5.78 Å². The van der Waals surface area contributed by atoms with E-state index in [2.05, 4.69) is 44.6 Å². The van der Waals surface area contributed by atoms with Crippen LogP contribution in [0.25, 0.3) is 0 Å². The van der Waals surface area contributed by atoms with Gasteiger partial charge in [0.25, 0.3) is 0 Å². The van der Waals surface area contributed by atoms with Crippen molar-refractivity contribution in [1.82, 2.24) is 5.32 Å². The molecule has 0 aliphatic heterocycles. The third-order valence-electron chi connectivity index (χ3n) is 2.11. The van der Waals surface area contributed by atoms with Gasteiger partial charge < -0.3 is 11.1 Å². The van der Waals surface area contributed by atoms with Gasteiger partial charge in [-0.05, 0) is 27.4 Å². The molecule has 0 aromatic carbocycles. The number of hydrogen-bond donors (Lipinski definition) is 2. The van der Waals surface area contributed by atoms with Crippen molar-refractivity contribution in [2.75, 3.05) is 20.1 Å². The third kappa shape index (κ3) is 107. The summed E-state index contributed by atoms with van der Waals surface area (Å²) in [7, 11) is 1.50. The Morgan fingerprint density at radius 1 is 1.00 bits per heavy atom. The number of carbonyl (C=O) groups excluding carboxylic acids is 1. The van der Waals surface area contributed by atoms with Crippen LogP contribution in [-0.2, 0) is 4.79 Å². The largest absolute Gasteiger partial charge is 0.333 e. The van der Waals surface area contributed by atoms with Crippen molar-refractivity contribution in [3.8, 4) is 0 Å². The van der Waals surface area contributed by atoms with Crippen LogP contribution >= 0.6 is 0 Å². The SMILES string of the molecule is C=C/C=C\C.C=CC=C.CCCCC.CCNCCC(C)=O.CN. The predicted molar refractivity (Wildman–Crippen MR) is 115 cm³/mol. The summed E-state index contributed by atoms with van der Waals surface area (Å²) in [5.74, 6) is 0.256. The first kappa shape index (κ1) is 34.0. The highest BCUT2D eigenvalue weighted by Crippen LogP contribution is 1.88. The van der Waals surface area contributed by atoms with Crippen LogP contribution in [-0.4, -0.2) is 25.9 Å². The van der Waals surface area contributed by atoms with E-state index in [0.29, 0.717) is 6.42 Å². The molecule has 3 heteroatoms. The molecule has 0 heterocycles. The van der Waals surface area contributed by atoms with Gasteiger partial charge >= 0.3 is 0 Å². The Morgan fingerprint density at radius 2 is 1.46 bits per heavy atom. The molecule has 144 valence electrons. The standard InChI is InChI=1S/C6H13NO.C5H12.C5H8.C4H6.CH5N/c1-3-7-5-4-6(2)8;2*1-3-5-4-2;1-3-4-2;1-2/h7H,3-5H2,1-2H3;3-5H2,1-2H3;3-5H,1H2,2H3;3-4H,1-2H2;2H2,1H3/b;;5-4-;;. The number of carbonyl (C=O) groups is 1. The van der Waals surface area contributed by atoms with Gasteiger partial charge in [0.2, 0.25) is 0 Å². The molecule has 0 atom stereocenters. The van der Waals surface area contributed by atoms with Gasteiger partial charge in [-0.2, -0.15) is 0 Å². The molecule has 0 radical (unpaired) electrons. The highest BCUT2D eigenvalue weighted by atomic mass is 16.1. The Bertz CT molecular complexity index is 251. The van der Waals surface area contributed by atoms with E-state index in [4.69, 9.17) is 0 Å². The number of hydrogen-bond acceptors (Lipinski definition) is 3. The molecule has 24 heavy (non-hydrogen) atoms. The molecule has 0 bridgehead atoms. The topological polar surface area (TPSA) is 55.1 Å². The molecule has 0 aromatic heterocycles. The smallest absolute Gasteiger partial charge is 0.131 e. The van der Waals surface area contributed by atoms with Gasteiger partial charge in [0.15, 0.2) is 0 Å². The minimum Gasteiger partial charge on any atom is -0.333 e. The molecule has 0 saturated carbocycles. The third-order valence-corrected chi connectivity index (χ3v) is 2.11. The zero-order valence-electron chi connectivity index (χ0n) is 17.2. The molecule has 3 nitrogen and oxygen atoms in total. The van der Waals surface area contributed by atoms with Crippen molar-refractivity contribution in [2.24, 2.45) is 5.73 Å². The lowest BCUT2D eigenvalue weighted by atomic mass is 10.3. The van der Waals surface area contributed by atoms with E-state index < -0.39 is 0 Å². The number of Topliss-reactive ketones (excluding diaryl/α,β-unsaturated/α-hetero) is 1. The van der Waals surface area contributed by atoms with Crippen molar-refractivity contribution in [1.29, 1.82) is 0 Å². The molecule has 0 aliphatic rings. The second-order valence-electron chi connectivity index (χ2n) is 4.39. The van der Waals surface area contributed by atoms with E-state index in [1.54, 1.807) is 25.2 Å². The van der Waals surface area contributed by atoms with Crippen LogP contribution in [0.2, 0.25) is 0 Å². The van der Waals surface area contributed by atoms with Crippen molar-refractivity contribution in [3.05, 3.63) is 50.1 Å². The van der Waals surface area contributed by atoms with E-state index in [-0.39, 0.29) is 5.78 Å². The van der Waals surface area contributed by atoms with Crippen molar-refractivity contribution >= 4 is 5.78 Å². The van der Waals surface area contributed by atoms with Crippen LogP contribution < -0.4 is 11.1 Å². The Labute approximate surface area is 152 Å². The summed E-state index contributed by atoms with van der Waals surface area (Å²) in [5, 5.41) is 3.06. The van der Waals surface area contributed by atoms with Gasteiger partial charge in [-0.15, -0.1) is 0 Å². The second-order valence-corrected chi connectivity index (χ2v) is 4.39. The molecular weight excluding hydrogens is 296 g/mol. The summed E-state index contributed by atoms with van der Waals surface area (Å²) in [4.78, 5) is 10.3. The van der Waals surface area contributed by atoms with Crippen LogP contribution in [0.3, 0.4) is 0 Å². The van der Waals surface area contributed by atoms with E-state index in [0.717, 1.165) is 13.1 Å². The average molecular weight is 341 g/mol. The van der Waals surface area contributed by atoms with E-state index in [1.807, 2.05) is 26.0 Å². The number of nitrogens with one attached hydrogen (secondary N) is 1. The Morgan fingerprint density at radius 3 is 1.58 bits per heavy atom. The van der Waals surface area contributed by atoms with Gasteiger partial charge in [0, 0.05) is 13.0 Å². The molecule has 0 aliphatic carbocycles. The quantitative estimate of drug-likeness (QED) is 0.456. The van der Waals surface area contributed by atoms with Crippen LogP contribution in [0.4, 0.5) is 0 Å². The summed E-state index contributed by atoms with van der Waals surface area (Å²) in [6, 6.07) is 0. The van der Waals surface area contributed by atoms with Crippen LogP contribution in [0.15, 0.2) is 50.1 Å². The number of allylic oxidation sites excluding steroid dienone is 5. The maximum atomic E-state index is 10.3. The van der Waals surface area contributed by atoms with E-state index in [1.165, 1.54) is 26.3 Å². The lowest BCUT2D eigenvalue weighted by molar-refractivity contribution is -0.116. The maximum absolute atomic E-state index is 10.3. The number of ketones is 1. The van der Waals surface area contributed by atoms with Crippen molar-refractivity contribution < 1.29 is 4.79 Å². The fourth-order valence-electron chi connectivity index (χ4n) is 0.931. The highest BCUT2D eigenvalue weighted by molar-refractivity contribution is 5.75. The maximum Gasteiger partial charge on any atom is 0.131 e. The number of unbranched alkanes of at least 4 members (excludes halogenated alkanes) is 2. The Balaban J connectivity index is -0.0000000668. The lowest BCUT2D eigenvalue weighted by Crippen LogP contribution is -2.16. The fourth-order valence-corrected chi connectivity index (χ4v) is 0.931. The summed E-state index contributed by atoms with van der Waals surface area (Å²) >= 11 is 0. The Kier molecular flexibility index (Phi) is 70.2. The van der Waals surface area contributed by atoms with E-state index in [9.17, 15) is 4.79 Å². The Hall–Kier alpha value is -1.45. The van der Waals surface area contributed by atoms with E-state index >= 15 is 0 Å². The minimum atomic E-state index is 0.256. The predicted octanol–water partition coefficient (Wildman–Crippen LogP) is 5.45. The minimum absolute atomic E-state index is 0.256. The van der Waals surface area contributed by atoms with Crippen molar-refractivity contribution in [2.45, 2.75) is 60.3 Å². The van der Waals surface area contributed by atoms with Crippen LogP contribution in [0.5, 0.6) is 0 Å². The molecule has 0 spiro atoms. The zero-order chi connectivity index (χ0) is 20.1. The van der Waals surface area contributed by atoms with Crippen LogP contribution in [0, 0.1) is 0 Å². The van der Waals surface area contributed by atoms with Gasteiger partial charge in [-0.3, -0.25) is 4.79 Å². The van der Waals surface area contributed by atoms with Gasteiger partial charge in [-0.25, -0.2) is 0 Å². The highest BCUT2D eigenvalue weighted by Gasteiger charge is 1.88. The molecule has 0 fully saturated rings. The summed E-state index contributed by atoms with van der Waals surface area (Å²) < 4.78 is 0. The first-order valence-corrected chi connectivity index (χ1v) is 8.77. The van der Waals surface area contributed by atoms with Gasteiger partial charge in [0.05, 0.1) is 0 Å². The van der Waals surface area contributed by atoms with Crippen molar-refractivity contribution in [3.63, 3.8) is 0 Å². The first-order valence-electron chi connectivity index (χ1n) is 8.77. The molecule has 0 unspecified atom stereocenters. The summed E-state index contributed by atoms with van der Waals surface area (Å²) in [6.45, 7) is 22.0. The number of nitrogens with two attached hydrogens (primary N) is 1. The zero-order valence-corrected chi connectivity index (χ0v) is 17.2. The number of rotatable bonds is 8. The normalized spacial score (nSPS) is 7.79. The summed E-state index contributed by atoms with van der Waals surface area (Å²) in [5.41, 5.74) is 4.50. The molecule has 0 amide bonds. The average Bonchev–Trinajstić information content (AvgIpc) is 2.59. The monoisotopic (exact) mass is 340 g/mol. The molecule has 0 saturated heterocycles. The first-order chi connectivity index (χ1) is 11.5. The molecule has 0 aromatic rings. The molecular formula is C21H44N2O. The van der Waals surface area contributed by atoms with Gasteiger partial charge in [-0.1, -0.05) is 90.2 Å². The lowest BCUT2D eigenvalue weighted by Gasteiger charge is -1.94. The molecule has 3 N–H and O–H groups in total. The summed E-state index contributed by atoms with van der Waals surface area (Å²) in [6.07, 6.45) is 13.6.